The highest BCUT2D eigenvalue weighted by atomic mass is 127. The molecule has 2 heterocycles. The zero-order chi connectivity index (χ0) is 11.5. The first-order valence-corrected chi connectivity index (χ1v) is 5.67. The third kappa shape index (κ3) is 2.24. The van der Waals surface area contributed by atoms with Crippen LogP contribution in [0.25, 0.3) is 5.69 Å². The van der Waals surface area contributed by atoms with E-state index in [1.165, 1.54) is 10.6 Å². The van der Waals surface area contributed by atoms with Crippen molar-refractivity contribution in [2.75, 3.05) is 7.11 Å². The number of ether oxygens (including phenoxy) is 1. The van der Waals surface area contributed by atoms with Gasteiger partial charge >= 0.3 is 0 Å². The van der Waals surface area contributed by atoms with Gasteiger partial charge in [0, 0.05) is 6.07 Å². The van der Waals surface area contributed by atoms with E-state index in [1.54, 1.807) is 25.6 Å². The molecule has 0 saturated heterocycles. The predicted octanol–water partition coefficient (Wildman–Crippen LogP) is 1.85. The summed E-state index contributed by atoms with van der Waals surface area (Å²) in [6.07, 6.45) is 3.30. The van der Waals surface area contributed by atoms with Crippen molar-refractivity contribution >= 4 is 22.6 Å². The molecule has 2 aromatic rings. The number of rotatable bonds is 2. The van der Waals surface area contributed by atoms with Crippen molar-refractivity contribution in [3.63, 3.8) is 0 Å². The highest BCUT2D eigenvalue weighted by molar-refractivity contribution is 14.1. The van der Waals surface area contributed by atoms with Gasteiger partial charge in [0.1, 0.15) is 9.45 Å². The molecule has 0 saturated carbocycles. The van der Waals surface area contributed by atoms with Crippen LogP contribution in [0.5, 0.6) is 5.75 Å². The first-order chi connectivity index (χ1) is 7.70. The summed E-state index contributed by atoms with van der Waals surface area (Å²) in [6, 6.07) is 6.80. The molecule has 2 aromatic heterocycles. The van der Waals surface area contributed by atoms with Gasteiger partial charge in [0.2, 0.25) is 0 Å². The van der Waals surface area contributed by atoms with Crippen molar-refractivity contribution in [1.82, 2.24) is 9.55 Å². The summed E-state index contributed by atoms with van der Waals surface area (Å²) in [7, 11) is 1.57. The minimum atomic E-state index is -0.108. The first kappa shape index (κ1) is 11.1. The van der Waals surface area contributed by atoms with Crippen molar-refractivity contribution < 1.29 is 4.74 Å². The maximum absolute atomic E-state index is 11.7. The molecule has 0 aliphatic carbocycles. The Morgan fingerprint density at radius 2 is 2.12 bits per heavy atom. The molecule has 0 fully saturated rings. The molecule has 0 unspecified atom stereocenters. The normalized spacial score (nSPS) is 10.1. The zero-order valence-corrected chi connectivity index (χ0v) is 10.7. The quantitative estimate of drug-likeness (QED) is 0.624. The fourth-order valence-electron chi connectivity index (χ4n) is 1.30. The average Bonchev–Trinajstić information content (AvgIpc) is 2.31. The van der Waals surface area contributed by atoms with Crippen LogP contribution in [-0.2, 0) is 0 Å². The predicted molar refractivity (Wildman–Crippen MR) is 69.1 cm³/mol. The van der Waals surface area contributed by atoms with Gasteiger partial charge in [0.05, 0.1) is 25.2 Å². The van der Waals surface area contributed by atoms with Gasteiger partial charge in [-0.25, -0.2) is 4.98 Å². The Morgan fingerprint density at radius 1 is 1.31 bits per heavy atom. The second kappa shape index (κ2) is 4.65. The number of halogens is 1. The number of nitrogens with zero attached hydrogens (tertiary/aromatic N) is 2. The summed E-state index contributed by atoms with van der Waals surface area (Å²) in [5, 5.41) is 0. The second-order valence-corrected chi connectivity index (χ2v) is 4.22. The van der Waals surface area contributed by atoms with Crippen LogP contribution in [0.15, 0.2) is 41.5 Å². The first-order valence-electron chi connectivity index (χ1n) is 4.59. The van der Waals surface area contributed by atoms with Crippen molar-refractivity contribution in [2.45, 2.75) is 0 Å². The molecular formula is C11H9IN2O2. The minimum absolute atomic E-state index is 0.108. The Balaban J connectivity index is 2.54. The summed E-state index contributed by atoms with van der Waals surface area (Å²) in [4.78, 5) is 15.8. The number of hydrogen-bond donors (Lipinski definition) is 0. The Labute approximate surface area is 106 Å². The second-order valence-electron chi connectivity index (χ2n) is 3.12. The van der Waals surface area contributed by atoms with Gasteiger partial charge in [-0.2, -0.15) is 0 Å². The topological polar surface area (TPSA) is 44.1 Å². The van der Waals surface area contributed by atoms with Gasteiger partial charge in [-0.1, -0.05) is 0 Å². The summed E-state index contributed by atoms with van der Waals surface area (Å²) in [5.74, 6) is 0.637. The van der Waals surface area contributed by atoms with E-state index >= 15 is 0 Å². The Morgan fingerprint density at radius 3 is 2.75 bits per heavy atom. The van der Waals surface area contributed by atoms with E-state index in [9.17, 15) is 4.79 Å². The highest BCUT2D eigenvalue weighted by Crippen LogP contribution is 2.11. The van der Waals surface area contributed by atoms with Crippen LogP contribution in [0.2, 0.25) is 0 Å². The fourth-order valence-corrected chi connectivity index (χ4v) is 1.62. The SMILES string of the molecule is COc1ccc(=O)n(-c2ccc(I)nc2)c1. The smallest absolute Gasteiger partial charge is 0.255 e. The molecule has 2 rings (SSSR count). The number of hydrogen-bond acceptors (Lipinski definition) is 3. The van der Waals surface area contributed by atoms with Crippen LogP contribution in [0.1, 0.15) is 0 Å². The molecule has 0 aromatic carbocycles. The zero-order valence-electron chi connectivity index (χ0n) is 8.55. The summed E-state index contributed by atoms with van der Waals surface area (Å²) < 4.78 is 7.46. The van der Waals surface area contributed by atoms with E-state index in [1.807, 2.05) is 12.1 Å². The summed E-state index contributed by atoms with van der Waals surface area (Å²) >= 11 is 2.12. The summed E-state index contributed by atoms with van der Waals surface area (Å²) in [5.41, 5.74) is 0.619. The highest BCUT2D eigenvalue weighted by Gasteiger charge is 2.01. The third-order valence-corrected chi connectivity index (χ3v) is 2.75. The van der Waals surface area contributed by atoms with E-state index in [0.29, 0.717) is 5.75 Å². The van der Waals surface area contributed by atoms with Crippen molar-refractivity contribution in [1.29, 1.82) is 0 Å². The summed E-state index contributed by atoms with van der Waals surface area (Å²) in [6.45, 7) is 0. The van der Waals surface area contributed by atoms with Crippen LogP contribution < -0.4 is 10.3 Å². The molecule has 5 heteroatoms. The molecule has 0 aliphatic rings. The molecule has 0 spiro atoms. The van der Waals surface area contributed by atoms with Gasteiger partial charge in [0.15, 0.2) is 0 Å². The van der Waals surface area contributed by atoms with Crippen LogP contribution >= 0.6 is 22.6 Å². The number of aromatic nitrogens is 2. The van der Waals surface area contributed by atoms with Crippen LogP contribution in [0, 0.1) is 3.70 Å². The molecule has 4 nitrogen and oxygen atoms in total. The molecule has 0 bridgehead atoms. The standard InChI is InChI=1S/C11H9IN2O2/c1-16-9-3-5-11(15)14(7-9)8-2-4-10(12)13-6-8/h2-7H,1H3. The Kier molecular flexibility index (Phi) is 3.23. The lowest BCUT2D eigenvalue weighted by Gasteiger charge is -2.06. The van der Waals surface area contributed by atoms with Crippen molar-refractivity contribution in [3.8, 4) is 11.4 Å². The lowest BCUT2D eigenvalue weighted by Crippen LogP contribution is -2.16. The minimum Gasteiger partial charge on any atom is -0.495 e. The molecule has 0 amide bonds. The van der Waals surface area contributed by atoms with E-state index in [4.69, 9.17) is 4.74 Å². The lowest BCUT2D eigenvalue weighted by atomic mass is 10.3. The van der Waals surface area contributed by atoms with Gasteiger partial charge in [-0.05, 0) is 40.8 Å². The van der Waals surface area contributed by atoms with Crippen molar-refractivity contribution in [3.05, 3.63) is 50.7 Å². The van der Waals surface area contributed by atoms with Gasteiger partial charge in [0.25, 0.3) is 5.56 Å². The van der Waals surface area contributed by atoms with Gasteiger partial charge in [-0.3, -0.25) is 9.36 Å². The van der Waals surface area contributed by atoms with Crippen LogP contribution in [0.4, 0.5) is 0 Å². The van der Waals surface area contributed by atoms with Crippen molar-refractivity contribution in [2.24, 2.45) is 0 Å². The molecule has 0 N–H and O–H groups in total. The molecule has 82 valence electrons. The van der Waals surface area contributed by atoms with E-state index in [-0.39, 0.29) is 5.56 Å². The Bertz CT molecular complexity index is 549. The number of methoxy groups -OCH3 is 1. The van der Waals surface area contributed by atoms with Crippen LogP contribution in [0.3, 0.4) is 0 Å². The van der Waals surface area contributed by atoms with E-state index in [0.717, 1.165) is 9.39 Å². The largest absolute Gasteiger partial charge is 0.495 e. The van der Waals surface area contributed by atoms with Gasteiger partial charge in [-0.15, -0.1) is 0 Å². The number of pyridine rings is 2. The fraction of sp³-hybridized carbons (Fsp3) is 0.0909. The van der Waals surface area contributed by atoms with E-state index < -0.39 is 0 Å². The monoisotopic (exact) mass is 328 g/mol. The molecule has 0 radical (unpaired) electrons. The maximum Gasteiger partial charge on any atom is 0.255 e. The van der Waals surface area contributed by atoms with E-state index in [2.05, 4.69) is 27.6 Å². The Hall–Kier alpha value is -1.37. The molecule has 16 heavy (non-hydrogen) atoms. The third-order valence-electron chi connectivity index (χ3n) is 2.11. The van der Waals surface area contributed by atoms with Crippen LogP contribution in [-0.4, -0.2) is 16.7 Å². The lowest BCUT2D eigenvalue weighted by molar-refractivity contribution is 0.411. The average molecular weight is 328 g/mol. The molecule has 0 aliphatic heterocycles. The van der Waals surface area contributed by atoms with Gasteiger partial charge < -0.3 is 4.74 Å². The molecule has 0 atom stereocenters. The maximum atomic E-state index is 11.7. The molecular weight excluding hydrogens is 319 g/mol.